The predicted octanol–water partition coefficient (Wildman–Crippen LogP) is 4.80. The van der Waals surface area contributed by atoms with Crippen molar-refractivity contribution in [3.05, 3.63) is 46.7 Å². The van der Waals surface area contributed by atoms with Crippen molar-refractivity contribution >= 4 is 23.5 Å². The Labute approximate surface area is 143 Å². The normalized spacial score (nSPS) is 11.4. The maximum Gasteiger partial charge on any atom is 0.335 e. The Morgan fingerprint density at radius 1 is 1.13 bits per heavy atom. The van der Waals surface area contributed by atoms with Crippen molar-refractivity contribution in [3.8, 4) is 11.8 Å². The van der Waals surface area contributed by atoms with E-state index in [1.807, 2.05) is 12.1 Å². The Hall–Kier alpha value is -1.27. The number of halogens is 1. The second-order valence-corrected chi connectivity index (χ2v) is 7.51. The van der Waals surface area contributed by atoms with E-state index in [4.69, 9.17) is 13.8 Å². The molecule has 0 radical (unpaired) electrons. The summed E-state index contributed by atoms with van der Waals surface area (Å²) in [5.41, 5.74) is 0.796. The fourth-order valence-corrected chi connectivity index (χ4v) is 3.80. The van der Waals surface area contributed by atoms with Crippen LogP contribution in [0.5, 0.6) is 11.8 Å². The van der Waals surface area contributed by atoms with Crippen LogP contribution in [0.3, 0.4) is 0 Å². The van der Waals surface area contributed by atoms with Gasteiger partial charge in [0.1, 0.15) is 5.75 Å². The lowest BCUT2D eigenvalue weighted by Crippen LogP contribution is -1.99. The molecule has 0 aliphatic heterocycles. The van der Waals surface area contributed by atoms with Crippen LogP contribution in [0.1, 0.15) is 19.4 Å². The number of nitrogens with zero attached hydrogens (tertiary/aromatic N) is 2. The number of hydrogen-bond donors (Lipinski definition) is 0. The molecule has 0 spiro atoms. The van der Waals surface area contributed by atoms with Crippen molar-refractivity contribution in [1.82, 2.24) is 9.97 Å². The third-order valence-corrected chi connectivity index (χ3v) is 5.20. The van der Waals surface area contributed by atoms with Gasteiger partial charge in [-0.3, -0.25) is 4.57 Å². The molecule has 0 atom stereocenters. The van der Waals surface area contributed by atoms with Crippen molar-refractivity contribution in [2.24, 2.45) is 0 Å². The van der Waals surface area contributed by atoms with Gasteiger partial charge in [0.05, 0.1) is 23.8 Å². The summed E-state index contributed by atoms with van der Waals surface area (Å²) in [6, 6.07) is 7.45. The Balaban J connectivity index is 2.12. The van der Waals surface area contributed by atoms with Crippen LogP contribution < -0.4 is 4.74 Å². The lowest BCUT2D eigenvalue weighted by molar-refractivity contribution is 0.219. The topological polar surface area (TPSA) is 70.5 Å². The average Bonchev–Trinajstić information content (AvgIpc) is 2.50. The summed E-state index contributed by atoms with van der Waals surface area (Å²) < 4.78 is 29.6. The van der Waals surface area contributed by atoms with Crippen LogP contribution in [0.15, 0.2) is 41.1 Å². The van der Waals surface area contributed by atoms with E-state index in [9.17, 15) is 4.57 Å². The van der Waals surface area contributed by atoms with Gasteiger partial charge in [-0.25, -0.2) is 9.97 Å². The van der Waals surface area contributed by atoms with Gasteiger partial charge < -0.3 is 13.8 Å². The molecule has 0 amide bonds. The number of ether oxygens (including phenoxy) is 1. The Bertz CT molecular complexity index is 671. The lowest BCUT2D eigenvalue weighted by Gasteiger charge is -2.17. The summed E-state index contributed by atoms with van der Waals surface area (Å²) in [6.07, 6.45) is 3.39. The standard InChI is InChI=1S/C15H18BrN2O4P/c1-3-20-23(19,21-4-2)11-12-6-5-7-14(8-12)22-15-17-9-13(16)10-18-15/h5-10H,3-4,11H2,1-2H3. The molecule has 1 aromatic carbocycles. The number of benzene rings is 1. The van der Waals surface area contributed by atoms with Crippen LogP contribution in [-0.4, -0.2) is 23.2 Å². The third-order valence-electron chi connectivity index (χ3n) is 2.73. The van der Waals surface area contributed by atoms with E-state index < -0.39 is 7.60 Å². The van der Waals surface area contributed by atoms with Crippen molar-refractivity contribution in [3.63, 3.8) is 0 Å². The number of rotatable bonds is 8. The minimum atomic E-state index is -3.14. The van der Waals surface area contributed by atoms with E-state index in [0.717, 1.165) is 10.0 Å². The molecule has 23 heavy (non-hydrogen) atoms. The molecule has 0 bridgehead atoms. The molecular formula is C15H18BrN2O4P. The highest BCUT2D eigenvalue weighted by atomic mass is 79.9. The maximum atomic E-state index is 12.6. The third kappa shape index (κ3) is 5.70. The molecule has 0 saturated heterocycles. The summed E-state index contributed by atoms with van der Waals surface area (Å²) in [4.78, 5) is 8.10. The van der Waals surface area contributed by atoms with Gasteiger partial charge in [0.15, 0.2) is 0 Å². The van der Waals surface area contributed by atoms with Gasteiger partial charge in [0.25, 0.3) is 0 Å². The molecule has 0 N–H and O–H groups in total. The zero-order chi connectivity index (χ0) is 16.7. The van der Waals surface area contributed by atoms with Gasteiger partial charge in [-0.05, 0) is 47.5 Å². The van der Waals surface area contributed by atoms with Gasteiger partial charge >= 0.3 is 13.6 Å². The molecule has 124 valence electrons. The molecule has 0 saturated carbocycles. The highest BCUT2D eigenvalue weighted by Crippen LogP contribution is 2.51. The molecule has 6 nitrogen and oxygen atoms in total. The highest BCUT2D eigenvalue weighted by Gasteiger charge is 2.24. The molecule has 0 aliphatic carbocycles. The quantitative estimate of drug-likeness (QED) is 0.592. The van der Waals surface area contributed by atoms with E-state index in [0.29, 0.717) is 19.0 Å². The summed E-state index contributed by atoms with van der Waals surface area (Å²) in [5, 5.41) is 0. The summed E-state index contributed by atoms with van der Waals surface area (Å²) >= 11 is 3.27. The Morgan fingerprint density at radius 3 is 2.39 bits per heavy atom. The summed E-state index contributed by atoms with van der Waals surface area (Å²) in [6.45, 7) is 4.24. The fourth-order valence-electron chi connectivity index (χ4n) is 1.91. The van der Waals surface area contributed by atoms with Gasteiger partial charge in [-0.1, -0.05) is 12.1 Å². The number of aromatic nitrogens is 2. The van der Waals surface area contributed by atoms with Crippen LogP contribution in [0, 0.1) is 0 Å². The molecule has 2 aromatic rings. The molecule has 1 aromatic heterocycles. The molecule has 0 unspecified atom stereocenters. The molecule has 0 fully saturated rings. The SMILES string of the molecule is CCOP(=O)(Cc1cccc(Oc2ncc(Br)cn2)c1)OCC. The fraction of sp³-hybridized carbons (Fsp3) is 0.333. The summed E-state index contributed by atoms with van der Waals surface area (Å²) in [5.74, 6) is 0.560. The maximum absolute atomic E-state index is 12.6. The van der Waals surface area contributed by atoms with Crippen LogP contribution in [0.4, 0.5) is 0 Å². The van der Waals surface area contributed by atoms with E-state index >= 15 is 0 Å². The van der Waals surface area contributed by atoms with Crippen molar-refractivity contribution < 1.29 is 18.3 Å². The van der Waals surface area contributed by atoms with Crippen molar-refractivity contribution in [2.75, 3.05) is 13.2 Å². The smallest absolute Gasteiger partial charge is 0.335 e. The Kier molecular flexibility index (Phi) is 6.72. The van der Waals surface area contributed by atoms with Crippen LogP contribution in [0.25, 0.3) is 0 Å². The second-order valence-electron chi connectivity index (χ2n) is 4.54. The largest absolute Gasteiger partial charge is 0.424 e. The van der Waals surface area contributed by atoms with E-state index in [1.54, 1.807) is 38.4 Å². The van der Waals surface area contributed by atoms with Gasteiger partial charge in [-0.2, -0.15) is 0 Å². The molecular weight excluding hydrogens is 383 g/mol. The van der Waals surface area contributed by atoms with Crippen LogP contribution >= 0.6 is 23.5 Å². The first-order chi connectivity index (χ1) is 11.0. The summed E-state index contributed by atoms with van der Waals surface area (Å²) in [7, 11) is -3.14. The first-order valence-electron chi connectivity index (χ1n) is 7.17. The van der Waals surface area contributed by atoms with E-state index in [2.05, 4.69) is 25.9 Å². The van der Waals surface area contributed by atoms with Crippen molar-refractivity contribution in [1.29, 1.82) is 0 Å². The van der Waals surface area contributed by atoms with Crippen LogP contribution in [-0.2, 0) is 19.8 Å². The number of hydrogen-bond acceptors (Lipinski definition) is 6. The van der Waals surface area contributed by atoms with E-state index in [1.165, 1.54) is 0 Å². The molecule has 2 rings (SSSR count). The zero-order valence-corrected chi connectivity index (χ0v) is 15.4. The highest BCUT2D eigenvalue weighted by molar-refractivity contribution is 9.10. The molecule has 1 heterocycles. The monoisotopic (exact) mass is 400 g/mol. The Morgan fingerprint density at radius 2 is 1.78 bits per heavy atom. The first kappa shape index (κ1) is 18.1. The second kappa shape index (κ2) is 8.55. The van der Waals surface area contributed by atoms with Gasteiger partial charge in [0, 0.05) is 12.4 Å². The molecule has 8 heteroatoms. The average molecular weight is 401 g/mol. The van der Waals surface area contributed by atoms with Crippen molar-refractivity contribution in [2.45, 2.75) is 20.0 Å². The zero-order valence-electron chi connectivity index (χ0n) is 12.9. The van der Waals surface area contributed by atoms with Crippen LogP contribution in [0.2, 0.25) is 0 Å². The van der Waals surface area contributed by atoms with Gasteiger partial charge in [-0.15, -0.1) is 0 Å². The molecule has 0 aliphatic rings. The minimum absolute atomic E-state index is 0.188. The predicted molar refractivity (Wildman–Crippen MR) is 90.8 cm³/mol. The minimum Gasteiger partial charge on any atom is -0.424 e. The van der Waals surface area contributed by atoms with E-state index in [-0.39, 0.29) is 12.2 Å². The van der Waals surface area contributed by atoms with Gasteiger partial charge in [0.2, 0.25) is 0 Å². The lowest BCUT2D eigenvalue weighted by atomic mass is 10.2. The first-order valence-corrected chi connectivity index (χ1v) is 9.69.